The van der Waals surface area contributed by atoms with Gasteiger partial charge in [-0.25, -0.2) is 0 Å². The van der Waals surface area contributed by atoms with Crippen molar-refractivity contribution in [1.82, 2.24) is 0 Å². The molecule has 0 aliphatic heterocycles. The van der Waals surface area contributed by atoms with E-state index >= 15 is 0 Å². The number of amides is 1. The zero-order chi connectivity index (χ0) is 15.6. The molecule has 0 aliphatic carbocycles. The van der Waals surface area contributed by atoms with Gasteiger partial charge in [0.25, 0.3) is 5.91 Å². The summed E-state index contributed by atoms with van der Waals surface area (Å²) in [4.78, 5) is 14.3. The second kappa shape index (κ2) is 6.37. The Balaban J connectivity index is 2.33. The van der Waals surface area contributed by atoms with E-state index in [0.29, 0.717) is 22.0 Å². The fourth-order valence-corrected chi connectivity index (χ4v) is 2.48. The fourth-order valence-electron chi connectivity index (χ4n) is 1.93. The zero-order valence-corrected chi connectivity index (χ0v) is 14.0. The minimum Gasteiger partial charge on any atom is -0.398 e. The van der Waals surface area contributed by atoms with E-state index in [2.05, 4.69) is 21.2 Å². The SMILES string of the molecule is CN(C)c1ccc(Cl)cc1NC(=O)c1ccc(Br)cc1N. The molecule has 1 amide bonds. The number of benzene rings is 2. The predicted octanol–water partition coefficient (Wildman–Crippen LogP) is 4.00. The van der Waals surface area contributed by atoms with Crippen LogP contribution < -0.4 is 16.0 Å². The summed E-state index contributed by atoms with van der Waals surface area (Å²) in [5, 5.41) is 3.40. The van der Waals surface area contributed by atoms with E-state index in [-0.39, 0.29) is 5.91 Å². The molecule has 2 rings (SSSR count). The van der Waals surface area contributed by atoms with Crippen molar-refractivity contribution in [3.05, 3.63) is 51.5 Å². The van der Waals surface area contributed by atoms with Crippen molar-refractivity contribution in [2.24, 2.45) is 0 Å². The Morgan fingerprint density at radius 2 is 1.95 bits per heavy atom. The van der Waals surface area contributed by atoms with Gasteiger partial charge in [-0.2, -0.15) is 0 Å². The largest absolute Gasteiger partial charge is 0.398 e. The smallest absolute Gasteiger partial charge is 0.257 e. The lowest BCUT2D eigenvalue weighted by Gasteiger charge is -2.18. The first-order chi connectivity index (χ1) is 9.88. The predicted molar refractivity (Wildman–Crippen MR) is 92.3 cm³/mol. The summed E-state index contributed by atoms with van der Waals surface area (Å²) in [5.41, 5.74) is 8.21. The number of halogens is 2. The van der Waals surface area contributed by atoms with Gasteiger partial charge in [0.1, 0.15) is 0 Å². The van der Waals surface area contributed by atoms with Crippen molar-refractivity contribution in [2.75, 3.05) is 30.0 Å². The molecule has 0 unspecified atom stereocenters. The van der Waals surface area contributed by atoms with E-state index < -0.39 is 0 Å². The Morgan fingerprint density at radius 3 is 2.57 bits per heavy atom. The van der Waals surface area contributed by atoms with E-state index in [1.807, 2.05) is 25.1 Å². The molecular formula is C15H15BrClN3O. The first-order valence-electron chi connectivity index (χ1n) is 6.21. The molecule has 0 radical (unpaired) electrons. The van der Waals surface area contributed by atoms with Crippen LogP contribution in [0.2, 0.25) is 5.02 Å². The van der Waals surface area contributed by atoms with Crippen LogP contribution >= 0.6 is 27.5 Å². The molecular weight excluding hydrogens is 354 g/mol. The normalized spacial score (nSPS) is 10.3. The van der Waals surface area contributed by atoms with Gasteiger partial charge in [-0.3, -0.25) is 4.79 Å². The van der Waals surface area contributed by atoms with E-state index in [1.165, 1.54) is 0 Å². The van der Waals surface area contributed by atoms with E-state index in [1.54, 1.807) is 30.3 Å². The summed E-state index contributed by atoms with van der Waals surface area (Å²) in [7, 11) is 3.79. The van der Waals surface area contributed by atoms with Gasteiger partial charge in [0.15, 0.2) is 0 Å². The summed E-state index contributed by atoms with van der Waals surface area (Å²) in [6, 6.07) is 10.5. The molecule has 0 aromatic heterocycles. The second-order valence-electron chi connectivity index (χ2n) is 4.74. The highest BCUT2D eigenvalue weighted by atomic mass is 79.9. The number of nitrogens with one attached hydrogen (secondary N) is 1. The van der Waals surface area contributed by atoms with Crippen LogP contribution in [0.1, 0.15) is 10.4 Å². The summed E-state index contributed by atoms with van der Waals surface area (Å²) < 4.78 is 0.827. The average Bonchev–Trinajstić information content (AvgIpc) is 2.37. The molecule has 110 valence electrons. The molecule has 0 fully saturated rings. The average molecular weight is 369 g/mol. The number of rotatable bonds is 3. The van der Waals surface area contributed by atoms with Crippen LogP contribution in [0.4, 0.5) is 17.1 Å². The number of carbonyl (C=O) groups excluding carboxylic acids is 1. The molecule has 6 heteroatoms. The number of carbonyl (C=O) groups is 1. The van der Waals surface area contributed by atoms with Crippen molar-refractivity contribution < 1.29 is 4.79 Å². The van der Waals surface area contributed by atoms with Crippen LogP contribution in [0.15, 0.2) is 40.9 Å². The lowest BCUT2D eigenvalue weighted by atomic mass is 10.1. The lowest BCUT2D eigenvalue weighted by molar-refractivity contribution is 0.102. The highest BCUT2D eigenvalue weighted by Crippen LogP contribution is 2.29. The van der Waals surface area contributed by atoms with Gasteiger partial charge in [0.2, 0.25) is 0 Å². The minimum absolute atomic E-state index is 0.273. The van der Waals surface area contributed by atoms with Gasteiger partial charge >= 0.3 is 0 Å². The molecule has 0 spiro atoms. The Kier molecular flexibility index (Phi) is 4.75. The maximum Gasteiger partial charge on any atom is 0.257 e. The van der Waals surface area contributed by atoms with Crippen LogP contribution in [0, 0.1) is 0 Å². The van der Waals surface area contributed by atoms with Crippen molar-refractivity contribution in [3.8, 4) is 0 Å². The maximum absolute atomic E-state index is 12.4. The van der Waals surface area contributed by atoms with Crippen LogP contribution in [0.3, 0.4) is 0 Å². The van der Waals surface area contributed by atoms with Crippen molar-refractivity contribution in [2.45, 2.75) is 0 Å². The van der Waals surface area contributed by atoms with E-state index in [4.69, 9.17) is 17.3 Å². The Bertz CT molecular complexity index is 689. The monoisotopic (exact) mass is 367 g/mol. The zero-order valence-electron chi connectivity index (χ0n) is 11.7. The summed E-state index contributed by atoms with van der Waals surface area (Å²) >= 11 is 9.32. The van der Waals surface area contributed by atoms with Gasteiger partial charge in [0, 0.05) is 29.3 Å². The molecule has 4 nitrogen and oxygen atoms in total. The molecule has 2 aromatic rings. The van der Waals surface area contributed by atoms with E-state index in [9.17, 15) is 4.79 Å². The van der Waals surface area contributed by atoms with Gasteiger partial charge in [0.05, 0.1) is 16.9 Å². The van der Waals surface area contributed by atoms with Crippen molar-refractivity contribution >= 4 is 50.5 Å². The molecule has 2 aromatic carbocycles. The summed E-state index contributed by atoms with van der Waals surface area (Å²) in [6.45, 7) is 0. The molecule has 21 heavy (non-hydrogen) atoms. The number of nitrogen functional groups attached to an aromatic ring is 1. The standard InChI is InChI=1S/C15H15BrClN3O/c1-20(2)14-6-4-10(17)8-13(14)19-15(21)11-5-3-9(16)7-12(11)18/h3-8H,18H2,1-2H3,(H,19,21). The number of hydrogen-bond acceptors (Lipinski definition) is 3. The highest BCUT2D eigenvalue weighted by Gasteiger charge is 2.13. The number of nitrogens with zero attached hydrogens (tertiary/aromatic N) is 1. The molecule has 0 saturated heterocycles. The first kappa shape index (κ1) is 15.7. The second-order valence-corrected chi connectivity index (χ2v) is 6.09. The quantitative estimate of drug-likeness (QED) is 0.805. The van der Waals surface area contributed by atoms with Gasteiger partial charge in [-0.1, -0.05) is 27.5 Å². The van der Waals surface area contributed by atoms with E-state index in [0.717, 1.165) is 10.2 Å². The van der Waals surface area contributed by atoms with Crippen LogP contribution in [-0.4, -0.2) is 20.0 Å². The summed E-state index contributed by atoms with van der Waals surface area (Å²) in [6.07, 6.45) is 0. The lowest BCUT2D eigenvalue weighted by Crippen LogP contribution is -2.17. The van der Waals surface area contributed by atoms with Gasteiger partial charge in [-0.15, -0.1) is 0 Å². The first-order valence-corrected chi connectivity index (χ1v) is 7.39. The molecule has 3 N–H and O–H groups in total. The molecule has 0 aliphatic rings. The number of hydrogen-bond donors (Lipinski definition) is 2. The highest BCUT2D eigenvalue weighted by molar-refractivity contribution is 9.10. The molecule has 0 atom stereocenters. The Morgan fingerprint density at radius 1 is 1.24 bits per heavy atom. The Labute approximate surface area is 137 Å². The number of anilines is 3. The van der Waals surface area contributed by atoms with Crippen molar-refractivity contribution in [3.63, 3.8) is 0 Å². The number of nitrogens with two attached hydrogens (primary N) is 1. The Hall–Kier alpha value is -1.72. The summed E-state index contributed by atoms with van der Waals surface area (Å²) in [5.74, 6) is -0.273. The maximum atomic E-state index is 12.4. The van der Waals surface area contributed by atoms with Gasteiger partial charge in [-0.05, 0) is 36.4 Å². The van der Waals surface area contributed by atoms with Crippen molar-refractivity contribution in [1.29, 1.82) is 0 Å². The van der Waals surface area contributed by atoms with Crippen LogP contribution in [0.25, 0.3) is 0 Å². The topological polar surface area (TPSA) is 58.4 Å². The molecule has 0 bridgehead atoms. The third-order valence-corrected chi connectivity index (χ3v) is 3.68. The third-order valence-electron chi connectivity index (χ3n) is 2.95. The third kappa shape index (κ3) is 3.68. The van der Waals surface area contributed by atoms with Crippen LogP contribution in [-0.2, 0) is 0 Å². The minimum atomic E-state index is -0.273. The molecule has 0 saturated carbocycles. The van der Waals surface area contributed by atoms with Gasteiger partial charge < -0.3 is 16.0 Å². The van der Waals surface area contributed by atoms with Crippen LogP contribution in [0.5, 0.6) is 0 Å². The fraction of sp³-hybridized carbons (Fsp3) is 0.133. The molecule has 0 heterocycles.